The third-order valence-corrected chi connectivity index (χ3v) is 16.5. The van der Waals surface area contributed by atoms with Gasteiger partial charge in [-0.15, -0.1) is 0 Å². The van der Waals surface area contributed by atoms with Gasteiger partial charge in [-0.25, -0.2) is 0 Å². The molecule has 4 aliphatic carbocycles. The summed E-state index contributed by atoms with van der Waals surface area (Å²) in [7, 11) is 3.94. The van der Waals surface area contributed by atoms with Crippen LogP contribution >= 0.6 is 0 Å². The standard InChI is InChI=1S/C61H105NO14/c1-62(2)43-21-34-61(69)74-52(30-17-7-19-32-59(67)75-53(44-70-55(63)39-35-48-22-9-3-10-23-48)45-71-56(64)40-36-49-24-11-4-12-25-49)31-18-8-20-33-60(68)76-54(46-72-57(65)41-37-50-26-13-5-14-27-50)47-73-58(66)42-38-51-28-15-6-16-29-51/h48-54,59,67H,3-47H2,1-2H3. The predicted molar refractivity (Wildman–Crippen MR) is 292 cm³/mol. The van der Waals surface area contributed by atoms with Gasteiger partial charge < -0.3 is 43.2 Å². The largest absolute Gasteiger partial charge is 0.463 e. The summed E-state index contributed by atoms with van der Waals surface area (Å²) < 4.78 is 40.1. The maximum absolute atomic E-state index is 13.1. The Morgan fingerprint density at radius 2 is 0.711 bits per heavy atom. The lowest BCUT2D eigenvalue weighted by molar-refractivity contribution is -0.183. The molecule has 15 nitrogen and oxygen atoms in total. The molecule has 0 amide bonds. The fraction of sp³-hybridized carbons (Fsp3) is 0.902. The van der Waals surface area contributed by atoms with Gasteiger partial charge in [-0.3, -0.25) is 28.8 Å². The lowest BCUT2D eigenvalue weighted by atomic mass is 9.86. The van der Waals surface area contributed by atoms with E-state index in [1.165, 1.54) is 77.0 Å². The Morgan fingerprint density at radius 3 is 1.09 bits per heavy atom. The Hall–Kier alpha value is -3.30. The first kappa shape index (κ1) is 65.2. The lowest BCUT2D eigenvalue weighted by Gasteiger charge is -2.23. The summed E-state index contributed by atoms with van der Waals surface area (Å²) in [6.45, 7) is 0.255. The number of carbonyl (C=O) groups excluding carboxylic acids is 6. The number of hydrogen-bond acceptors (Lipinski definition) is 15. The monoisotopic (exact) mass is 1080 g/mol. The molecule has 4 rings (SSSR count). The highest BCUT2D eigenvalue weighted by molar-refractivity contribution is 5.72. The number of ether oxygens (including phenoxy) is 7. The summed E-state index contributed by atoms with van der Waals surface area (Å²) in [6, 6.07) is 0. The lowest BCUT2D eigenvalue weighted by Crippen LogP contribution is -2.32. The number of unbranched alkanes of at least 4 members (excludes halogenated alkanes) is 4. The molecule has 15 heteroatoms. The molecule has 1 N–H and O–H groups in total. The zero-order valence-electron chi connectivity index (χ0n) is 47.6. The molecule has 0 aromatic heterocycles. The van der Waals surface area contributed by atoms with Crippen LogP contribution in [0.5, 0.6) is 0 Å². The fourth-order valence-corrected chi connectivity index (χ4v) is 11.7. The third-order valence-electron chi connectivity index (χ3n) is 16.5. The summed E-state index contributed by atoms with van der Waals surface area (Å²) in [5, 5.41) is 11.0. The van der Waals surface area contributed by atoms with E-state index in [1.54, 1.807) is 0 Å². The van der Waals surface area contributed by atoms with Crippen molar-refractivity contribution < 1.29 is 67.0 Å². The highest BCUT2D eigenvalue weighted by Crippen LogP contribution is 2.31. The van der Waals surface area contributed by atoms with Crippen molar-refractivity contribution in [3.05, 3.63) is 0 Å². The van der Waals surface area contributed by atoms with Crippen LogP contribution < -0.4 is 0 Å². The molecule has 0 aromatic rings. The van der Waals surface area contributed by atoms with Gasteiger partial charge in [0.1, 0.15) is 38.6 Å². The molecule has 0 heterocycles. The van der Waals surface area contributed by atoms with E-state index < -0.39 is 24.5 Å². The number of aliphatic hydroxyl groups excluding tert-OH is 1. The summed E-state index contributed by atoms with van der Waals surface area (Å²) in [6.07, 6.45) is 32.2. The number of esters is 6. The predicted octanol–water partition coefficient (Wildman–Crippen LogP) is 12.4. The van der Waals surface area contributed by atoms with Gasteiger partial charge in [0.15, 0.2) is 12.4 Å². The maximum atomic E-state index is 13.1. The fourth-order valence-electron chi connectivity index (χ4n) is 11.7. The number of aliphatic hydroxyl groups is 1. The van der Waals surface area contributed by atoms with E-state index in [-0.39, 0.29) is 68.8 Å². The van der Waals surface area contributed by atoms with Crippen molar-refractivity contribution in [1.82, 2.24) is 4.90 Å². The Morgan fingerprint density at radius 1 is 0.382 bits per heavy atom. The van der Waals surface area contributed by atoms with E-state index in [2.05, 4.69) is 0 Å². The SMILES string of the molecule is CN(C)CCCC(=O)OC(CCCCCC(=O)OC(COC(=O)CCC1CCCCC1)COC(=O)CCC1CCCCC1)CCCCCC(O)OC(COC(=O)CCC1CCCCC1)COC(=O)CCC1CCCCC1. The van der Waals surface area contributed by atoms with Crippen LogP contribution in [0.3, 0.4) is 0 Å². The second-order valence-corrected chi connectivity index (χ2v) is 23.5. The number of rotatable bonds is 40. The van der Waals surface area contributed by atoms with Crippen LogP contribution in [0.4, 0.5) is 0 Å². The molecule has 4 fully saturated rings. The van der Waals surface area contributed by atoms with Crippen molar-refractivity contribution >= 4 is 35.8 Å². The van der Waals surface area contributed by atoms with Gasteiger partial charge in [0, 0.05) is 38.5 Å². The second-order valence-electron chi connectivity index (χ2n) is 23.5. The van der Waals surface area contributed by atoms with Crippen molar-refractivity contribution in [1.29, 1.82) is 0 Å². The normalized spacial score (nSPS) is 18.1. The number of nitrogens with zero attached hydrogens (tertiary/aromatic N) is 1. The second kappa shape index (κ2) is 40.8. The van der Waals surface area contributed by atoms with Crippen molar-refractivity contribution in [3.8, 4) is 0 Å². The molecule has 0 radical (unpaired) electrons. The first-order chi connectivity index (χ1) is 36.9. The van der Waals surface area contributed by atoms with Gasteiger partial charge >= 0.3 is 35.8 Å². The van der Waals surface area contributed by atoms with Crippen molar-refractivity contribution in [3.63, 3.8) is 0 Å². The van der Waals surface area contributed by atoms with E-state index in [9.17, 15) is 33.9 Å². The molecule has 0 spiro atoms. The van der Waals surface area contributed by atoms with Gasteiger partial charge in [-0.2, -0.15) is 0 Å². The van der Waals surface area contributed by atoms with E-state index in [1.807, 2.05) is 19.0 Å². The average molecular weight is 1080 g/mol. The molecule has 2 atom stereocenters. The highest BCUT2D eigenvalue weighted by atomic mass is 16.6. The van der Waals surface area contributed by atoms with Crippen LogP contribution in [-0.2, 0) is 61.9 Å². The molecule has 2 unspecified atom stereocenters. The minimum atomic E-state index is -1.14. The Labute approximate surface area is 458 Å². The van der Waals surface area contributed by atoms with Crippen LogP contribution in [-0.4, -0.2) is 117 Å². The first-order valence-corrected chi connectivity index (χ1v) is 30.9. The molecule has 0 saturated heterocycles. The molecule has 0 aliphatic heterocycles. The molecule has 0 bridgehead atoms. The molecule has 0 aromatic carbocycles. The van der Waals surface area contributed by atoms with E-state index in [0.717, 1.165) is 103 Å². The molecule has 4 aliphatic rings. The summed E-state index contributed by atoms with van der Waals surface area (Å²) in [5.41, 5.74) is 0. The summed E-state index contributed by atoms with van der Waals surface area (Å²) in [5.74, 6) is 0.246. The van der Waals surface area contributed by atoms with E-state index >= 15 is 0 Å². The Kier molecular flexibility index (Phi) is 35.0. The quantitative estimate of drug-likeness (QED) is 0.0264. The average Bonchev–Trinajstić information content (AvgIpc) is 3.42. The Balaban J connectivity index is 1.19. The van der Waals surface area contributed by atoms with Crippen molar-refractivity contribution in [2.75, 3.05) is 47.1 Å². The van der Waals surface area contributed by atoms with Gasteiger partial charge in [0.05, 0.1) is 0 Å². The topological polar surface area (TPSA) is 190 Å². The van der Waals surface area contributed by atoms with Crippen LogP contribution in [0.25, 0.3) is 0 Å². The third kappa shape index (κ3) is 32.6. The van der Waals surface area contributed by atoms with Gasteiger partial charge in [0.25, 0.3) is 0 Å². The maximum Gasteiger partial charge on any atom is 0.306 e. The number of carbonyl (C=O) groups is 6. The molecular weight excluding hydrogens is 971 g/mol. The van der Waals surface area contributed by atoms with Crippen molar-refractivity contribution in [2.24, 2.45) is 23.7 Å². The first-order valence-electron chi connectivity index (χ1n) is 30.9. The molecule has 438 valence electrons. The molecule has 4 saturated carbocycles. The minimum Gasteiger partial charge on any atom is -0.463 e. The highest BCUT2D eigenvalue weighted by Gasteiger charge is 2.25. The van der Waals surface area contributed by atoms with E-state index in [0.29, 0.717) is 101 Å². The van der Waals surface area contributed by atoms with Crippen LogP contribution in [0.15, 0.2) is 0 Å². The molecular formula is C61H105NO14. The van der Waals surface area contributed by atoms with Crippen molar-refractivity contribution in [2.45, 2.75) is 281 Å². The van der Waals surface area contributed by atoms with E-state index in [4.69, 9.17) is 33.2 Å². The smallest absolute Gasteiger partial charge is 0.306 e. The van der Waals surface area contributed by atoms with Crippen LogP contribution in [0, 0.1) is 23.7 Å². The zero-order chi connectivity index (χ0) is 54.4. The molecule has 76 heavy (non-hydrogen) atoms. The Bertz CT molecular complexity index is 1510. The van der Waals surface area contributed by atoms with Crippen LogP contribution in [0.2, 0.25) is 0 Å². The van der Waals surface area contributed by atoms with Gasteiger partial charge in [-0.05, 0) is 121 Å². The zero-order valence-corrected chi connectivity index (χ0v) is 47.6. The van der Waals surface area contributed by atoms with Gasteiger partial charge in [0.2, 0.25) is 0 Å². The van der Waals surface area contributed by atoms with Crippen LogP contribution in [0.1, 0.15) is 257 Å². The number of hydrogen-bond donors (Lipinski definition) is 1. The minimum absolute atomic E-state index is 0.103. The summed E-state index contributed by atoms with van der Waals surface area (Å²) >= 11 is 0. The summed E-state index contributed by atoms with van der Waals surface area (Å²) in [4.78, 5) is 79.0. The van der Waals surface area contributed by atoms with Gasteiger partial charge in [-0.1, -0.05) is 141 Å².